The van der Waals surface area contributed by atoms with Crippen molar-refractivity contribution in [3.8, 4) is 0 Å². The monoisotopic (exact) mass is 144 g/mol. The van der Waals surface area contributed by atoms with E-state index in [2.05, 4.69) is 9.59 Å². The molecule has 0 saturated heterocycles. The zero-order valence-electron chi connectivity index (χ0n) is 5.33. The molecule has 1 rings (SSSR count). The van der Waals surface area contributed by atoms with Crippen LogP contribution in [-0.4, -0.2) is 14.7 Å². The Balaban J connectivity index is 2.94. The molecule has 0 aromatic carbocycles. The molecule has 9 heavy (non-hydrogen) atoms. The Hall–Kier alpha value is -0.480. The van der Waals surface area contributed by atoms with Crippen LogP contribution in [0.1, 0.15) is 23.6 Å². The lowest BCUT2D eigenvalue weighted by Crippen LogP contribution is -1.88. The third kappa shape index (κ3) is 1.25. The van der Waals surface area contributed by atoms with Crippen molar-refractivity contribution in [1.82, 2.24) is 9.59 Å². The first-order valence-electron chi connectivity index (χ1n) is 2.68. The molecule has 0 aliphatic carbocycles. The minimum Gasteiger partial charge on any atom is -0.388 e. The van der Waals surface area contributed by atoms with Gasteiger partial charge in [0.1, 0.15) is 0 Å². The molecule has 0 fully saturated rings. The van der Waals surface area contributed by atoms with Gasteiger partial charge in [0.2, 0.25) is 0 Å². The Morgan fingerprint density at radius 1 is 1.67 bits per heavy atom. The molecule has 3 nitrogen and oxygen atoms in total. The predicted molar refractivity (Wildman–Crippen MR) is 35.3 cm³/mol. The highest BCUT2D eigenvalue weighted by molar-refractivity contribution is 7.05. The maximum Gasteiger partial charge on any atom is 0.0888 e. The lowest BCUT2D eigenvalue weighted by molar-refractivity contribution is 0.202. The Morgan fingerprint density at radius 2 is 2.33 bits per heavy atom. The average Bonchev–Trinajstić information content (AvgIpc) is 2.13. The Bertz CT molecular complexity index is 197. The van der Waals surface area contributed by atoms with Crippen molar-refractivity contribution in [2.45, 2.75) is 20.0 Å². The molecule has 1 aromatic heterocycles. The molecule has 0 spiro atoms. The van der Waals surface area contributed by atoms with E-state index < -0.39 is 6.10 Å². The van der Waals surface area contributed by atoms with Crippen molar-refractivity contribution >= 4 is 11.5 Å². The minimum atomic E-state index is -0.426. The maximum atomic E-state index is 9.02. The molecule has 1 heterocycles. The van der Waals surface area contributed by atoms with Gasteiger partial charge in [-0.05, 0) is 25.4 Å². The van der Waals surface area contributed by atoms with Crippen molar-refractivity contribution < 1.29 is 5.11 Å². The molecular formula is C5H8N2OS. The molecule has 1 aromatic rings. The van der Waals surface area contributed by atoms with Gasteiger partial charge in [-0.3, -0.25) is 0 Å². The molecule has 1 unspecified atom stereocenters. The fraction of sp³-hybridized carbons (Fsp3) is 0.600. The molecule has 0 saturated carbocycles. The minimum absolute atomic E-state index is 0.426. The van der Waals surface area contributed by atoms with Crippen LogP contribution in [0.25, 0.3) is 0 Å². The first-order chi connectivity index (χ1) is 4.22. The van der Waals surface area contributed by atoms with Crippen LogP contribution in [0.2, 0.25) is 0 Å². The summed E-state index contributed by atoms with van der Waals surface area (Å²) in [4.78, 5) is 0.856. The molecule has 0 aliphatic heterocycles. The highest BCUT2D eigenvalue weighted by Crippen LogP contribution is 2.17. The molecule has 0 bridgehead atoms. The Kier molecular flexibility index (Phi) is 1.78. The van der Waals surface area contributed by atoms with Gasteiger partial charge in [-0.25, -0.2) is 0 Å². The van der Waals surface area contributed by atoms with Gasteiger partial charge in [0.15, 0.2) is 0 Å². The Morgan fingerprint density at radius 3 is 2.56 bits per heavy atom. The van der Waals surface area contributed by atoms with Gasteiger partial charge in [0.25, 0.3) is 0 Å². The summed E-state index contributed by atoms with van der Waals surface area (Å²) in [6.07, 6.45) is -0.426. The van der Waals surface area contributed by atoms with E-state index in [1.807, 2.05) is 6.92 Å². The van der Waals surface area contributed by atoms with Crippen molar-refractivity contribution in [3.63, 3.8) is 0 Å². The first-order valence-corrected chi connectivity index (χ1v) is 3.46. The molecule has 1 N–H and O–H groups in total. The zero-order chi connectivity index (χ0) is 6.85. The summed E-state index contributed by atoms with van der Waals surface area (Å²) in [5, 5.41) is 12.8. The highest BCUT2D eigenvalue weighted by Gasteiger charge is 2.07. The number of rotatable bonds is 1. The summed E-state index contributed by atoms with van der Waals surface area (Å²) in [7, 11) is 0. The van der Waals surface area contributed by atoms with Gasteiger partial charge in [0, 0.05) is 0 Å². The molecular weight excluding hydrogens is 136 g/mol. The van der Waals surface area contributed by atoms with Crippen molar-refractivity contribution in [1.29, 1.82) is 0 Å². The van der Waals surface area contributed by atoms with E-state index in [0.717, 1.165) is 10.6 Å². The highest BCUT2D eigenvalue weighted by atomic mass is 32.1. The third-order valence-electron chi connectivity index (χ3n) is 1.07. The van der Waals surface area contributed by atoms with E-state index in [1.165, 1.54) is 11.5 Å². The molecule has 0 aliphatic rings. The summed E-state index contributed by atoms with van der Waals surface area (Å²) in [6, 6.07) is 0. The van der Waals surface area contributed by atoms with Crippen LogP contribution in [0.15, 0.2) is 0 Å². The molecule has 50 valence electrons. The SMILES string of the molecule is Cc1nnsc1C(C)O. The van der Waals surface area contributed by atoms with Crippen LogP contribution in [-0.2, 0) is 0 Å². The normalized spacial score (nSPS) is 13.7. The quantitative estimate of drug-likeness (QED) is 0.637. The smallest absolute Gasteiger partial charge is 0.0888 e. The number of nitrogens with zero attached hydrogens (tertiary/aromatic N) is 2. The van der Waals surface area contributed by atoms with Crippen LogP contribution >= 0.6 is 11.5 Å². The van der Waals surface area contributed by atoms with Crippen LogP contribution in [0, 0.1) is 6.92 Å². The fourth-order valence-corrected chi connectivity index (χ4v) is 1.20. The second-order valence-corrected chi connectivity index (χ2v) is 2.68. The van der Waals surface area contributed by atoms with Gasteiger partial charge in [-0.15, -0.1) is 5.10 Å². The molecule has 0 amide bonds. The number of aliphatic hydroxyl groups excluding tert-OH is 1. The van der Waals surface area contributed by atoms with Crippen LogP contribution in [0.4, 0.5) is 0 Å². The third-order valence-corrected chi connectivity index (χ3v) is 2.06. The van der Waals surface area contributed by atoms with Gasteiger partial charge in [0.05, 0.1) is 16.7 Å². The lowest BCUT2D eigenvalue weighted by Gasteiger charge is -1.96. The first kappa shape index (κ1) is 6.64. The van der Waals surface area contributed by atoms with Gasteiger partial charge >= 0.3 is 0 Å². The summed E-state index contributed by atoms with van der Waals surface area (Å²) >= 11 is 1.25. The summed E-state index contributed by atoms with van der Waals surface area (Å²) in [5.41, 5.74) is 0.829. The van der Waals surface area contributed by atoms with Crippen molar-refractivity contribution in [3.05, 3.63) is 10.6 Å². The van der Waals surface area contributed by atoms with Gasteiger partial charge in [-0.1, -0.05) is 4.49 Å². The average molecular weight is 144 g/mol. The molecule has 4 heteroatoms. The number of aromatic nitrogens is 2. The number of aryl methyl sites for hydroxylation is 1. The second kappa shape index (κ2) is 2.41. The zero-order valence-corrected chi connectivity index (χ0v) is 6.14. The summed E-state index contributed by atoms with van der Waals surface area (Å²) in [6.45, 7) is 3.55. The maximum absolute atomic E-state index is 9.02. The van der Waals surface area contributed by atoms with Crippen molar-refractivity contribution in [2.24, 2.45) is 0 Å². The van der Waals surface area contributed by atoms with E-state index >= 15 is 0 Å². The number of hydrogen-bond acceptors (Lipinski definition) is 4. The van der Waals surface area contributed by atoms with E-state index in [-0.39, 0.29) is 0 Å². The summed E-state index contributed by atoms with van der Waals surface area (Å²) < 4.78 is 3.67. The Labute approximate surface area is 57.5 Å². The fourth-order valence-electron chi connectivity index (χ4n) is 0.620. The molecule has 1 atom stereocenters. The molecule has 0 radical (unpaired) electrons. The van der Waals surface area contributed by atoms with E-state index in [1.54, 1.807) is 6.92 Å². The number of aliphatic hydroxyl groups is 1. The van der Waals surface area contributed by atoms with Gasteiger partial charge < -0.3 is 5.11 Å². The number of hydrogen-bond donors (Lipinski definition) is 1. The van der Waals surface area contributed by atoms with Crippen molar-refractivity contribution in [2.75, 3.05) is 0 Å². The van der Waals surface area contributed by atoms with Crippen LogP contribution in [0.3, 0.4) is 0 Å². The lowest BCUT2D eigenvalue weighted by atomic mass is 10.3. The predicted octanol–water partition coefficient (Wildman–Crippen LogP) is 0.900. The standard InChI is InChI=1S/C5H8N2OS/c1-3-5(4(2)8)9-7-6-3/h4,8H,1-2H3. The van der Waals surface area contributed by atoms with E-state index in [0.29, 0.717) is 0 Å². The van der Waals surface area contributed by atoms with Crippen LogP contribution in [0.5, 0.6) is 0 Å². The second-order valence-electron chi connectivity index (χ2n) is 1.90. The van der Waals surface area contributed by atoms with Crippen LogP contribution < -0.4 is 0 Å². The van der Waals surface area contributed by atoms with E-state index in [4.69, 9.17) is 5.11 Å². The largest absolute Gasteiger partial charge is 0.388 e. The van der Waals surface area contributed by atoms with E-state index in [9.17, 15) is 0 Å². The topological polar surface area (TPSA) is 46.0 Å². The van der Waals surface area contributed by atoms with Gasteiger partial charge in [-0.2, -0.15) is 0 Å². The summed E-state index contributed by atoms with van der Waals surface area (Å²) in [5.74, 6) is 0.